The van der Waals surface area contributed by atoms with Crippen LogP contribution in [0.15, 0.2) is 42.5 Å². The minimum absolute atomic E-state index is 0.188. The second-order valence-electron chi connectivity index (χ2n) is 4.88. The molecule has 0 saturated heterocycles. The van der Waals surface area contributed by atoms with Gasteiger partial charge in [-0.2, -0.15) is 5.26 Å². The summed E-state index contributed by atoms with van der Waals surface area (Å²) in [6.07, 6.45) is 1.19. The van der Waals surface area contributed by atoms with E-state index >= 15 is 0 Å². The zero-order valence-electron chi connectivity index (χ0n) is 11.8. The lowest BCUT2D eigenvalue weighted by molar-refractivity contribution is 0.0917. The van der Waals surface area contributed by atoms with E-state index < -0.39 is 5.54 Å². The quantitative estimate of drug-likeness (QED) is 0.918. The third-order valence-corrected chi connectivity index (χ3v) is 3.81. The van der Waals surface area contributed by atoms with Gasteiger partial charge in [-0.25, -0.2) is 0 Å². The Bertz CT molecular complexity index is 661. The molecule has 0 aliphatic heterocycles. The van der Waals surface area contributed by atoms with Crippen LogP contribution < -0.4 is 5.32 Å². The van der Waals surface area contributed by atoms with Crippen LogP contribution in [-0.4, -0.2) is 11.4 Å². The van der Waals surface area contributed by atoms with E-state index in [1.807, 2.05) is 50.2 Å². The molecule has 0 aliphatic rings. The Hall–Kier alpha value is -2.34. The molecule has 1 N–H and O–H groups in total. The Balaban J connectivity index is 2.40. The van der Waals surface area contributed by atoms with Crippen LogP contribution in [0.5, 0.6) is 0 Å². The number of carbonyl (C=O) groups is 1. The van der Waals surface area contributed by atoms with Gasteiger partial charge >= 0.3 is 0 Å². The van der Waals surface area contributed by atoms with Gasteiger partial charge in [0.1, 0.15) is 5.54 Å². The summed E-state index contributed by atoms with van der Waals surface area (Å²) in [7, 11) is 0. The highest BCUT2D eigenvalue weighted by Crippen LogP contribution is 2.20. The van der Waals surface area contributed by atoms with Gasteiger partial charge in [-0.1, -0.05) is 50.2 Å². The molecular weight excluding hydrogens is 248 g/mol. The summed E-state index contributed by atoms with van der Waals surface area (Å²) in [5, 5.41) is 14.1. The highest BCUT2D eigenvalue weighted by molar-refractivity contribution is 6.07. The van der Waals surface area contributed by atoms with Crippen molar-refractivity contribution in [1.82, 2.24) is 5.32 Å². The van der Waals surface area contributed by atoms with E-state index in [9.17, 15) is 10.1 Å². The molecule has 102 valence electrons. The maximum atomic E-state index is 12.5. The van der Waals surface area contributed by atoms with Gasteiger partial charge in [0.15, 0.2) is 0 Å². The van der Waals surface area contributed by atoms with Crippen molar-refractivity contribution in [2.75, 3.05) is 0 Å². The highest BCUT2D eigenvalue weighted by Gasteiger charge is 2.28. The van der Waals surface area contributed by atoms with Gasteiger partial charge in [-0.3, -0.25) is 4.79 Å². The van der Waals surface area contributed by atoms with E-state index in [4.69, 9.17) is 0 Å². The van der Waals surface area contributed by atoms with Crippen molar-refractivity contribution >= 4 is 16.7 Å². The van der Waals surface area contributed by atoms with E-state index in [1.54, 1.807) is 6.07 Å². The fraction of sp³-hybridized carbons (Fsp3) is 0.294. The maximum Gasteiger partial charge on any atom is 0.253 e. The molecule has 0 spiro atoms. The average Bonchev–Trinajstić information content (AvgIpc) is 2.52. The third-order valence-electron chi connectivity index (χ3n) is 3.81. The molecule has 0 heterocycles. The van der Waals surface area contributed by atoms with Crippen LogP contribution in [0.3, 0.4) is 0 Å². The van der Waals surface area contributed by atoms with Gasteiger partial charge < -0.3 is 5.32 Å². The van der Waals surface area contributed by atoms with Gasteiger partial charge in [0, 0.05) is 5.56 Å². The first-order valence-corrected chi connectivity index (χ1v) is 6.87. The second-order valence-corrected chi connectivity index (χ2v) is 4.88. The largest absolute Gasteiger partial charge is 0.334 e. The van der Waals surface area contributed by atoms with Crippen LogP contribution in [0, 0.1) is 11.3 Å². The van der Waals surface area contributed by atoms with Gasteiger partial charge in [0.2, 0.25) is 0 Å². The summed E-state index contributed by atoms with van der Waals surface area (Å²) in [5.41, 5.74) is -0.168. The van der Waals surface area contributed by atoms with Gasteiger partial charge in [-0.05, 0) is 29.7 Å². The summed E-state index contributed by atoms with van der Waals surface area (Å²) >= 11 is 0. The molecule has 3 nitrogen and oxygen atoms in total. The van der Waals surface area contributed by atoms with E-state index in [2.05, 4.69) is 11.4 Å². The van der Waals surface area contributed by atoms with Crippen molar-refractivity contribution in [2.45, 2.75) is 32.2 Å². The average molecular weight is 266 g/mol. The summed E-state index contributed by atoms with van der Waals surface area (Å²) in [5.74, 6) is -0.188. The smallest absolute Gasteiger partial charge is 0.253 e. The molecule has 0 atom stereocenters. The topological polar surface area (TPSA) is 52.9 Å². The molecule has 2 aromatic carbocycles. The zero-order chi connectivity index (χ0) is 14.6. The van der Waals surface area contributed by atoms with Crippen LogP contribution in [0.2, 0.25) is 0 Å². The molecule has 0 unspecified atom stereocenters. The molecule has 1 amide bonds. The Kier molecular flexibility index (Phi) is 4.05. The van der Waals surface area contributed by atoms with Crippen molar-refractivity contribution in [1.29, 1.82) is 5.26 Å². The number of rotatable bonds is 4. The molecule has 0 bridgehead atoms. The third kappa shape index (κ3) is 2.50. The Morgan fingerprint density at radius 1 is 1.15 bits per heavy atom. The van der Waals surface area contributed by atoms with Gasteiger partial charge in [0.05, 0.1) is 6.07 Å². The predicted octanol–water partition coefficient (Wildman–Crippen LogP) is 3.65. The number of amides is 1. The number of hydrogen-bond donors (Lipinski definition) is 1. The fourth-order valence-corrected chi connectivity index (χ4v) is 2.32. The summed E-state index contributed by atoms with van der Waals surface area (Å²) < 4.78 is 0. The van der Waals surface area contributed by atoms with Crippen LogP contribution in [-0.2, 0) is 0 Å². The van der Waals surface area contributed by atoms with Crippen LogP contribution >= 0.6 is 0 Å². The first-order valence-electron chi connectivity index (χ1n) is 6.87. The van der Waals surface area contributed by atoms with E-state index in [1.165, 1.54) is 0 Å². The SMILES string of the molecule is CCC(C#N)(CC)NC(=O)c1cccc2ccccc12. The number of fused-ring (bicyclic) bond motifs is 1. The van der Waals surface area contributed by atoms with Crippen molar-refractivity contribution in [3.05, 3.63) is 48.0 Å². The molecule has 2 aromatic rings. The number of benzene rings is 2. The lowest BCUT2D eigenvalue weighted by Gasteiger charge is -2.25. The normalized spacial score (nSPS) is 11.1. The van der Waals surface area contributed by atoms with Crippen molar-refractivity contribution in [3.8, 4) is 6.07 Å². The zero-order valence-corrected chi connectivity index (χ0v) is 11.8. The summed E-state index contributed by atoms with van der Waals surface area (Å²) in [6.45, 7) is 3.83. The lowest BCUT2D eigenvalue weighted by Crippen LogP contribution is -2.46. The Morgan fingerprint density at radius 2 is 1.80 bits per heavy atom. The molecule has 2 rings (SSSR count). The van der Waals surface area contributed by atoms with Crippen molar-refractivity contribution in [3.63, 3.8) is 0 Å². The number of nitrogens with zero attached hydrogens (tertiary/aromatic N) is 1. The highest BCUT2D eigenvalue weighted by atomic mass is 16.1. The van der Waals surface area contributed by atoms with Crippen molar-refractivity contribution in [2.24, 2.45) is 0 Å². The minimum Gasteiger partial charge on any atom is -0.334 e. The van der Waals surface area contributed by atoms with E-state index in [0.717, 1.165) is 10.8 Å². The van der Waals surface area contributed by atoms with E-state index in [0.29, 0.717) is 18.4 Å². The van der Waals surface area contributed by atoms with Crippen molar-refractivity contribution < 1.29 is 4.79 Å². The van der Waals surface area contributed by atoms with Crippen LogP contribution in [0.1, 0.15) is 37.0 Å². The first kappa shape index (κ1) is 14.1. The monoisotopic (exact) mass is 266 g/mol. The summed E-state index contributed by atoms with van der Waals surface area (Å²) in [6, 6.07) is 15.6. The fourth-order valence-electron chi connectivity index (χ4n) is 2.32. The Morgan fingerprint density at radius 3 is 2.45 bits per heavy atom. The Labute approximate surface area is 119 Å². The minimum atomic E-state index is -0.784. The number of hydrogen-bond acceptors (Lipinski definition) is 2. The van der Waals surface area contributed by atoms with Crippen LogP contribution in [0.25, 0.3) is 10.8 Å². The number of carbonyl (C=O) groups excluding carboxylic acids is 1. The predicted molar refractivity (Wildman–Crippen MR) is 80.3 cm³/mol. The molecule has 0 saturated carbocycles. The van der Waals surface area contributed by atoms with Crippen LogP contribution in [0.4, 0.5) is 0 Å². The lowest BCUT2D eigenvalue weighted by atomic mass is 9.93. The first-order chi connectivity index (χ1) is 9.65. The molecule has 0 aliphatic carbocycles. The van der Waals surface area contributed by atoms with E-state index in [-0.39, 0.29) is 5.91 Å². The summed E-state index contributed by atoms with van der Waals surface area (Å²) in [4.78, 5) is 12.5. The van der Waals surface area contributed by atoms with Gasteiger partial charge in [0.25, 0.3) is 5.91 Å². The molecule has 0 radical (unpaired) electrons. The molecule has 0 aromatic heterocycles. The van der Waals surface area contributed by atoms with Gasteiger partial charge in [-0.15, -0.1) is 0 Å². The molecule has 0 fully saturated rings. The maximum absolute atomic E-state index is 12.5. The number of nitriles is 1. The molecular formula is C17H18N2O. The standard InChI is InChI=1S/C17H18N2O/c1-3-17(4-2,12-18)19-16(20)15-11-7-9-13-8-5-6-10-14(13)15/h5-11H,3-4H2,1-2H3,(H,19,20). The second kappa shape index (κ2) is 5.75. The molecule has 20 heavy (non-hydrogen) atoms. The number of nitrogens with one attached hydrogen (secondary N) is 1. The molecule has 3 heteroatoms.